The van der Waals surface area contributed by atoms with Crippen LogP contribution in [0.1, 0.15) is 11.6 Å². The highest BCUT2D eigenvalue weighted by atomic mass is 19.3. The Morgan fingerprint density at radius 2 is 2.05 bits per heavy atom. The minimum Gasteiger partial charge on any atom is -0.428 e. The molecule has 0 spiro atoms. The van der Waals surface area contributed by atoms with Crippen molar-refractivity contribution in [1.29, 1.82) is 0 Å². The van der Waals surface area contributed by atoms with Crippen LogP contribution < -0.4 is 10.1 Å². The largest absolute Gasteiger partial charge is 0.461 e. The lowest BCUT2D eigenvalue weighted by Crippen LogP contribution is -2.37. The minimum atomic E-state index is -4.51. The maximum atomic E-state index is 13.0. The van der Waals surface area contributed by atoms with Crippen molar-refractivity contribution in [2.45, 2.75) is 18.6 Å². The van der Waals surface area contributed by atoms with Gasteiger partial charge in [0.25, 0.3) is 0 Å². The number of rotatable bonds is 4. The number of benzene rings is 1. The fourth-order valence-corrected chi connectivity index (χ4v) is 1.82. The first-order valence-corrected chi connectivity index (χ1v) is 5.76. The molecule has 1 atom stereocenters. The molecule has 1 fully saturated rings. The van der Waals surface area contributed by atoms with E-state index in [1.807, 2.05) is 0 Å². The number of alkyl halides is 4. The molecule has 1 aliphatic heterocycles. The zero-order valence-electron chi connectivity index (χ0n) is 9.91. The summed E-state index contributed by atoms with van der Waals surface area (Å²) >= 11 is 0. The first-order valence-electron chi connectivity index (χ1n) is 5.76. The van der Waals surface area contributed by atoms with E-state index in [9.17, 15) is 17.6 Å². The average Bonchev–Trinajstić information content (AvgIpc) is 2.40. The van der Waals surface area contributed by atoms with Gasteiger partial charge in [-0.2, -0.15) is 17.6 Å². The average molecular weight is 279 g/mol. The summed E-state index contributed by atoms with van der Waals surface area (Å²) in [6.45, 7) is 1.36. The quantitative estimate of drug-likeness (QED) is 0.859. The van der Waals surface area contributed by atoms with E-state index < -0.39 is 12.5 Å². The molecule has 19 heavy (non-hydrogen) atoms. The van der Waals surface area contributed by atoms with Crippen molar-refractivity contribution in [3.63, 3.8) is 0 Å². The van der Waals surface area contributed by atoms with E-state index in [-0.39, 0.29) is 18.4 Å². The summed E-state index contributed by atoms with van der Waals surface area (Å²) in [5, 5.41) is 3.05. The highest BCUT2D eigenvalue weighted by Crippen LogP contribution is 2.33. The van der Waals surface area contributed by atoms with Crippen LogP contribution in [-0.4, -0.2) is 32.3 Å². The van der Waals surface area contributed by atoms with Gasteiger partial charge >= 0.3 is 12.5 Å². The van der Waals surface area contributed by atoms with Gasteiger partial charge in [0.2, 0.25) is 0 Å². The van der Waals surface area contributed by atoms with E-state index >= 15 is 0 Å². The number of morpholine rings is 1. The van der Waals surface area contributed by atoms with Gasteiger partial charge in [0.1, 0.15) is 5.75 Å². The molecule has 1 aliphatic rings. The predicted molar refractivity (Wildman–Crippen MR) is 59.6 cm³/mol. The third kappa shape index (κ3) is 3.36. The monoisotopic (exact) mass is 279 g/mol. The van der Waals surface area contributed by atoms with Crippen LogP contribution in [0, 0.1) is 0 Å². The normalized spacial score (nSPS) is 20.6. The van der Waals surface area contributed by atoms with E-state index in [0.29, 0.717) is 18.7 Å². The molecule has 0 bridgehead atoms. The van der Waals surface area contributed by atoms with Crippen LogP contribution >= 0.6 is 0 Å². The molecule has 1 aromatic carbocycles. The van der Waals surface area contributed by atoms with Crippen LogP contribution in [0.5, 0.6) is 5.75 Å². The van der Waals surface area contributed by atoms with Crippen molar-refractivity contribution >= 4 is 0 Å². The Morgan fingerprint density at radius 3 is 2.68 bits per heavy atom. The molecule has 1 N–H and O–H groups in total. The number of hydrogen-bond acceptors (Lipinski definition) is 3. The molecule has 0 aromatic heterocycles. The summed E-state index contributed by atoms with van der Waals surface area (Å²) in [4.78, 5) is 0. The standard InChI is InChI=1S/C12H13F4NO2/c13-11(14)12(15,16)19-10-4-2-1-3-8(10)9-7-18-6-5-17-9/h1-4,9,11,17H,5-7H2/t9-/m0/s1. The van der Waals surface area contributed by atoms with Crippen molar-refractivity contribution in [2.75, 3.05) is 19.8 Å². The highest BCUT2D eigenvalue weighted by molar-refractivity contribution is 5.36. The molecule has 1 aromatic rings. The van der Waals surface area contributed by atoms with Gasteiger partial charge in [-0.05, 0) is 6.07 Å². The second-order valence-electron chi connectivity index (χ2n) is 4.08. The molecule has 7 heteroatoms. The van der Waals surface area contributed by atoms with Crippen molar-refractivity contribution in [2.24, 2.45) is 0 Å². The summed E-state index contributed by atoms with van der Waals surface area (Å²) in [6, 6.07) is 5.51. The molecule has 0 unspecified atom stereocenters. The van der Waals surface area contributed by atoms with E-state index in [4.69, 9.17) is 4.74 Å². The van der Waals surface area contributed by atoms with Crippen molar-refractivity contribution in [3.05, 3.63) is 29.8 Å². The lowest BCUT2D eigenvalue weighted by atomic mass is 10.1. The number of para-hydroxylation sites is 1. The van der Waals surface area contributed by atoms with Crippen LogP contribution in [0.3, 0.4) is 0 Å². The molecule has 1 heterocycles. The highest BCUT2D eigenvalue weighted by Gasteiger charge is 2.44. The molecular weight excluding hydrogens is 266 g/mol. The minimum absolute atomic E-state index is 0.268. The van der Waals surface area contributed by atoms with Crippen molar-refractivity contribution in [3.8, 4) is 5.75 Å². The molecule has 2 rings (SSSR count). The summed E-state index contributed by atoms with van der Waals surface area (Å²) in [6.07, 6.45) is -8.39. The van der Waals surface area contributed by atoms with E-state index in [2.05, 4.69) is 10.1 Å². The molecule has 0 aliphatic carbocycles. The second-order valence-corrected chi connectivity index (χ2v) is 4.08. The van der Waals surface area contributed by atoms with E-state index in [1.54, 1.807) is 12.1 Å². The van der Waals surface area contributed by atoms with Crippen LogP contribution in [0.15, 0.2) is 24.3 Å². The summed E-state index contributed by atoms with van der Waals surface area (Å²) in [5.41, 5.74) is 0.377. The number of nitrogens with one attached hydrogen (secondary N) is 1. The molecule has 0 radical (unpaired) electrons. The van der Waals surface area contributed by atoms with Crippen molar-refractivity contribution < 1.29 is 27.0 Å². The Labute approximate surface area is 107 Å². The van der Waals surface area contributed by atoms with Crippen LogP contribution in [0.4, 0.5) is 17.6 Å². The Balaban J connectivity index is 2.20. The third-order valence-corrected chi connectivity index (χ3v) is 2.72. The Hall–Kier alpha value is -1.34. The number of halogens is 4. The van der Waals surface area contributed by atoms with Gasteiger partial charge < -0.3 is 14.8 Å². The smallest absolute Gasteiger partial charge is 0.428 e. The topological polar surface area (TPSA) is 30.5 Å². The lowest BCUT2D eigenvalue weighted by Gasteiger charge is -2.27. The van der Waals surface area contributed by atoms with Gasteiger partial charge in [-0.1, -0.05) is 18.2 Å². The Morgan fingerprint density at radius 1 is 1.32 bits per heavy atom. The first kappa shape index (κ1) is 14.1. The maximum absolute atomic E-state index is 13.0. The molecule has 1 saturated heterocycles. The van der Waals surface area contributed by atoms with Crippen LogP contribution in [0.2, 0.25) is 0 Å². The molecule has 0 amide bonds. The summed E-state index contributed by atoms with van der Waals surface area (Å²) in [5.74, 6) is -0.268. The lowest BCUT2D eigenvalue weighted by molar-refractivity contribution is -0.253. The summed E-state index contributed by atoms with van der Waals surface area (Å²) in [7, 11) is 0. The molecule has 106 valence electrons. The zero-order valence-corrected chi connectivity index (χ0v) is 9.91. The van der Waals surface area contributed by atoms with Gasteiger partial charge in [0.05, 0.1) is 19.3 Å². The predicted octanol–water partition coefficient (Wildman–Crippen LogP) is 2.58. The first-order chi connectivity index (χ1) is 9.00. The van der Waals surface area contributed by atoms with Gasteiger partial charge in [-0.15, -0.1) is 0 Å². The van der Waals surface area contributed by atoms with Gasteiger partial charge in [0.15, 0.2) is 0 Å². The molecule has 3 nitrogen and oxygen atoms in total. The Bertz CT molecular complexity index is 422. The molecule has 0 saturated carbocycles. The second kappa shape index (κ2) is 5.75. The fourth-order valence-electron chi connectivity index (χ4n) is 1.82. The number of hydrogen-bond donors (Lipinski definition) is 1. The van der Waals surface area contributed by atoms with Crippen LogP contribution in [0.25, 0.3) is 0 Å². The van der Waals surface area contributed by atoms with Gasteiger partial charge in [-0.3, -0.25) is 0 Å². The number of ether oxygens (including phenoxy) is 2. The van der Waals surface area contributed by atoms with Gasteiger partial charge in [-0.25, -0.2) is 0 Å². The summed E-state index contributed by atoms with van der Waals surface area (Å²) < 4.78 is 59.6. The van der Waals surface area contributed by atoms with Crippen LogP contribution in [-0.2, 0) is 4.74 Å². The van der Waals surface area contributed by atoms with Gasteiger partial charge in [0, 0.05) is 12.1 Å². The van der Waals surface area contributed by atoms with E-state index in [0.717, 1.165) is 0 Å². The third-order valence-electron chi connectivity index (χ3n) is 2.72. The Kier molecular flexibility index (Phi) is 4.26. The SMILES string of the molecule is FC(F)C(F)(F)Oc1ccccc1[C@@H]1COCCN1. The fraction of sp³-hybridized carbons (Fsp3) is 0.500. The van der Waals surface area contributed by atoms with Crippen molar-refractivity contribution in [1.82, 2.24) is 5.32 Å². The maximum Gasteiger partial charge on any atom is 0.461 e. The molecular formula is C12H13F4NO2. The zero-order chi connectivity index (χ0) is 13.9. The van der Waals surface area contributed by atoms with E-state index in [1.165, 1.54) is 12.1 Å².